The van der Waals surface area contributed by atoms with Gasteiger partial charge in [-0.1, -0.05) is 30.3 Å². The Morgan fingerprint density at radius 2 is 1.81 bits per heavy atom. The average molecular weight is 487 g/mol. The third-order valence-electron chi connectivity index (χ3n) is 5.61. The molecule has 1 aliphatic rings. The van der Waals surface area contributed by atoms with Crippen LogP contribution in [0.4, 0.5) is 5.69 Å². The van der Waals surface area contributed by atoms with Crippen LogP contribution in [0.5, 0.6) is 5.75 Å². The van der Waals surface area contributed by atoms with E-state index in [1.54, 1.807) is 37.3 Å². The maximum atomic E-state index is 13.1. The first-order valence-electron chi connectivity index (χ1n) is 10.6. The smallest absolute Gasteiger partial charge is 0.355 e. The molecular formula is C25H21N5O6. The molecule has 3 N–H and O–H groups in total. The summed E-state index contributed by atoms with van der Waals surface area (Å²) in [4.78, 5) is 27.5. The van der Waals surface area contributed by atoms with E-state index in [2.05, 4.69) is 16.3 Å². The van der Waals surface area contributed by atoms with Crippen LogP contribution in [0.1, 0.15) is 17.4 Å². The molecule has 2 aromatic carbocycles. The molecule has 0 spiro atoms. The average Bonchev–Trinajstić information content (AvgIpc) is 3.33. The Hall–Kier alpha value is -5.11. The lowest BCUT2D eigenvalue weighted by atomic mass is 9.81. The van der Waals surface area contributed by atoms with Crippen molar-refractivity contribution in [1.29, 1.82) is 5.26 Å². The van der Waals surface area contributed by atoms with Gasteiger partial charge in [0.25, 0.3) is 5.89 Å². The van der Waals surface area contributed by atoms with Gasteiger partial charge in [0, 0.05) is 12.6 Å². The lowest BCUT2D eigenvalue weighted by Crippen LogP contribution is -2.40. The zero-order valence-corrected chi connectivity index (χ0v) is 19.6. The van der Waals surface area contributed by atoms with Crippen molar-refractivity contribution in [3.05, 3.63) is 82.6 Å². The molecule has 0 radical (unpaired) electrons. The first kappa shape index (κ1) is 24.0. The van der Waals surface area contributed by atoms with Gasteiger partial charge in [-0.15, -0.1) is 10.2 Å². The minimum atomic E-state index is -0.996. The number of allylic oxidation sites excluding steroid dienone is 1. The molecule has 0 fully saturated rings. The summed E-state index contributed by atoms with van der Waals surface area (Å²) in [6.07, 6.45) is 0. The van der Waals surface area contributed by atoms with Gasteiger partial charge >= 0.3 is 11.9 Å². The second-order valence-corrected chi connectivity index (χ2v) is 7.66. The number of ether oxygens (including phenoxy) is 2. The predicted molar refractivity (Wildman–Crippen MR) is 126 cm³/mol. The number of phenolic OH excluding ortho intramolecular Hbond substituents is 1. The van der Waals surface area contributed by atoms with Crippen molar-refractivity contribution in [2.24, 2.45) is 5.73 Å². The highest BCUT2D eigenvalue weighted by molar-refractivity contribution is 6.06. The number of nitriles is 1. The molecule has 0 saturated heterocycles. The van der Waals surface area contributed by atoms with Gasteiger partial charge in [-0.05, 0) is 23.8 Å². The highest BCUT2D eigenvalue weighted by Crippen LogP contribution is 2.44. The topological polar surface area (TPSA) is 165 Å². The van der Waals surface area contributed by atoms with E-state index in [9.17, 15) is 20.0 Å². The van der Waals surface area contributed by atoms with Crippen molar-refractivity contribution >= 4 is 17.6 Å². The molecule has 0 bridgehead atoms. The van der Waals surface area contributed by atoms with Gasteiger partial charge in [0.05, 0.1) is 42.9 Å². The number of aromatic nitrogens is 2. The second-order valence-electron chi connectivity index (χ2n) is 7.66. The fourth-order valence-electron chi connectivity index (χ4n) is 4.02. The number of aryl methyl sites for hydroxylation is 1. The molecule has 4 rings (SSSR count). The van der Waals surface area contributed by atoms with Crippen molar-refractivity contribution < 1.29 is 28.6 Å². The highest BCUT2D eigenvalue weighted by Gasteiger charge is 2.43. The molecule has 11 heteroatoms. The Kier molecular flexibility index (Phi) is 6.43. The minimum Gasteiger partial charge on any atom is -0.507 e. The van der Waals surface area contributed by atoms with Gasteiger partial charge in [0.2, 0.25) is 5.89 Å². The molecule has 36 heavy (non-hydrogen) atoms. The molecule has 1 aromatic heterocycles. The summed E-state index contributed by atoms with van der Waals surface area (Å²) in [5.41, 5.74) is 7.03. The fraction of sp³-hybridized carbons (Fsp3) is 0.160. The summed E-state index contributed by atoms with van der Waals surface area (Å²) in [6, 6.07) is 15.0. The number of carbonyl (C=O) groups excluding carboxylic acids is 2. The number of esters is 2. The Bertz CT molecular complexity index is 1450. The Labute approximate surface area is 205 Å². The van der Waals surface area contributed by atoms with Gasteiger partial charge in [-0.2, -0.15) is 5.26 Å². The zero-order valence-electron chi connectivity index (χ0n) is 19.6. The van der Waals surface area contributed by atoms with Crippen molar-refractivity contribution in [2.75, 3.05) is 19.1 Å². The van der Waals surface area contributed by atoms with Crippen molar-refractivity contribution in [3.63, 3.8) is 0 Å². The molecule has 182 valence electrons. The van der Waals surface area contributed by atoms with Crippen molar-refractivity contribution in [3.8, 4) is 23.3 Å². The molecule has 1 unspecified atom stereocenters. The van der Waals surface area contributed by atoms with Gasteiger partial charge < -0.3 is 24.7 Å². The molecular weight excluding hydrogens is 466 g/mol. The van der Waals surface area contributed by atoms with Crippen molar-refractivity contribution in [2.45, 2.75) is 12.8 Å². The first-order valence-corrected chi connectivity index (χ1v) is 10.6. The molecule has 1 aliphatic heterocycles. The Morgan fingerprint density at radius 1 is 1.11 bits per heavy atom. The SMILES string of the molecule is COC(=O)C1=C(C(=O)OC)N(c2ccc(O)c(-c3nnc(C)o3)c2)C(N)=C(C#N)C1c1ccccc1. The number of methoxy groups -OCH3 is 2. The fourth-order valence-corrected chi connectivity index (χ4v) is 4.02. The minimum absolute atomic E-state index is 0.0116. The van der Waals surface area contributed by atoms with Gasteiger partial charge in [0.1, 0.15) is 17.3 Å². The first-order chi connectivity index (χ1) is 17.3. The molecule has 11 nitrogen and oxygen atoms in total. The van der Waals surface area contributed by atoms with Crippen LogP contribution >= 0.6 is 0 Å². The predicted octanol–water partition coefficient (Wildman–Crippen LogP) is 2.65. The number of carbonyl (C=O) groups is 2. The summed E-state index contributed by atoms with van der Waals surface area (Å²) in [5, 5.41) is 28.2. The second kappa shape index (κ2) is 9.63. The molecule has 3 aromatic rings. The van der Waals surface area contributed by atoms with Crippen LogP contribution in [0.15, 0.2) is 75.6 Å². The van der Waals surface area contributed by atoms with Crippen LogP contribution in [0.2, 0.25) is 0 Å². The number of anilines is 1. The van der Waals surface area contributed by atoms with E-state index >= 15 is 0 Å². The van der Waals surface area contributed by atoms with Crippen LogP contribution in [-0.4, -0.2) is 41.5 Å². The standard InChI is InChI=1S/C25H21N5O6/c1-13-28-29-23(36-13)16-11-15(9-10-18(16)31)30-21(25(33)35-3)20(24(32)34-2)19(17(12-26)22(30)27)14-7-5-4-6-8-14/h4-11,19,31H,27H2,1-3H3. The maximum absolute atomic E-state index is 13.1. The summed E-state index contributed by atoms with van der Waals surface area (Å²) in [7, 11) is 2.32. The monoisotopic (exact) mass is 487 g/mol. The Morgan fingerprint density at radius 3 is 2.39 bits per heavy atom. The molecule has 0 aliphatic carbocycles. The number of hydrogen-bond donors (Lipinski definition) is 2. The number of rotatable bonds is 5. The summed E-state index contributed by atoms with van der Waals surface area (Å²) >= 11 is 0. The van der Waals surface area contributed by atoms with Gasteiger partial charge in [-0.25, -0.2) is 9.59 Å². The van der Waals surface area contributed by atoms with Gasteiger partial charge in [0.15, 0.2) is 0 Å². The number of nitrogens with zero attached hydrogens (tertiary/aromatic N) is 4. The lowest BCUT2D eigenvalue weighted by Gasteiger charge is -2.36. The van der Waals surface area contributed by atoms with Crippen molar-refractivity contribution in [1.82, 2.24) is 10.2 Å². The number of nitrogens with two attached hydrogens (primary N) is 1. The van der Waals surface area contributed by atoms with Crippen LogP contribution < -0.4 is 10.6 Å². The van der Waals surface area contributed by atoms with E-state index in [0.717, 1.165) is 7.11 Å². The highest BCUT2D eigenvalue weighted by atomic mass is 16.5. The summed E-state index contributed by atoms with van der Waals surface area (Å²) in [5.74, 6) is -2.73. The molecule has 0 saturated carbocycles. The van der Waals surface area contributed by atoms with Crippen LogP contribution in [0.25, 0.3) is 11.5 Å². The van der Waals surface area contributed by atoms with E-state index in [1.807, 2.05) is 0 Å². The van der Waals surface area contributed by atoms with E-state index in [0.29, 0.717) is 5.56 Å². The summed E-state index contributed by atoms with van der Waals surface area (Å²) < 4.78 is 15.5. The molecule has 0 amide bonds. The van der Waals surface area contributed by atoms with E-state index in [4.69, 9.17) is 19.6 Å². The normalized spacial score (nSPS) is 15.5. The molecule has 2 heterocycles. The van der Waals surface area contributed by atoms with Crippen LogP contribution in [0.3, 0.4) is 0 Å². The largest absolute Gasteiger partial charge is 0.507 e. The molecule has 1 atom stereocenters. The summed E-state index contributed by atoms with van der Waals surface area (Å²) in [6.45, 7) is 1.59. The van der Waals surface area contributed by atoms with E-state index in [1.165, 1.54) is 30.2 Å². The van der Waals surface area contributed by atoms with E-state index < -0.39 is 17.9 Å². The zero-order chi connectivity index (χ0) is 26.0. The maximum Gasteiger partial charge on any atom is 0.355 e. The number of hydrogen-bond acceptors (Lipinski definition) is 11. The lowest BCUT2D eigenvalue weighted by molar-refractivity contribution is -0.139. The quantitative estimate of drug-likeness (QED) is 0.508. The van der Waals surface area contributed by atoms with E-state index in [-0.39, 0.29) is 51.4 Å². The van der Waals surface area contributed by atoms with Crippen LogP contribution in [0, 0.1) is 18.3 Å². The van der Waals surface area contributed by atoms with Crippen LogP contribution in [-0.2, 0) is 19.1 Å². The third kappa shape index (κ3) is 4.01. The van der Waals surface area contributed by atoms with Gasteiger partial charge in [-0.3, -0.25) is 4.90 Å². The number of aromatic hydroxyl groups is 1. The Balaban J connectivity index is 2.04. The number of benzene rings is 2. The number of phenols is 1. The third-order valence-corrected chi connectivity index (χ3v) is 5.61.